The van der Waals surface area contributed by atoms with Gasteiger partial charge in [-0.3, -0.25) is 0 Å². The summed E-state index contributed by atoms with van der Waals surface area (Å²) in [7, 11) is 0. The first-order valence-corrected chi connectivity index (χ1v) is 10.1. The van der Waals surface area contributed by atoms with Gasteiger partial charge in [-0.2, -0.15) is 0 Å². The molecule has 0 bridgehead atoms. The SMILES string of the molecule is NC1CC(N[C@@H]2C[C@H]2c2ccc(OCc3ccccc3)cc2)c2ccccc21. The van der Waals surface area contributed by atoms with Gasteiger partial charge < -0.3 is 15.8 Å². The van der Waals surface area contributed by atoms with E-state index in [1.54, 1.807) is 0 Å². The highest BCUT2D eigenvalue weighted by molar-refractivity contribution is 5.39. The Balaban J connectivity index is 1.17. The number of nitrogens with one attached hydrogen (secondary N) is 1. The molecule has 3 aromatic carbocycles. The predicted molar refractivity (Wildman–Crippen MR) is 112 cm³/mol. The fourth-order valence-corrected chi connectivity index (χ4v) is 4.39. The van der Waals surface area contributed by atoms with Crippen LogP contribution in [0.3, 0.4) is 0 Å². The van der Waals surface area contributed by atoms with Crippen LogP contribution in [-0.4, -0.2) is 6.04 Å². The monoisotopic (exact) mass is 370 g/mol. The Hall–Kier alpha value is -2.62. The molecule has 0 radical (unpaired) electrons. The highest BCUT2D eigenvalue weighted by Crippen LogP contribution is 2.45. The van der Waals surface area contributed by atoms with Crippen molar-refractivity contribution in [1.82, 2.24) is 5.32 Å². The molecule has 1 saturated carbocycles. The van der Waals surface area contributed by atoms with Crippen LogP contribution < -0.4 is 15.8 Å². The van der Waals surface area contributed by atoms with Crippen LogP contribution in [0.2, 0.25) is 0 Å². The van der Waals surface area contributed by atoms with Gasteiger partial charge in [-0.05, 0) is 47.2 Å². The molecule has 0 saturated heterocycles. The number of ether oxygens (including phenoxy) is 1. The topological polar surface area (TPSA) is 47.3 Å². The highest BCUT2D eigenvalue weighted by atomic mass is 16.5. The average molecular weight is 370 g/mol. The molecule has 5 rings (SSSR count). The predicted octanol–water partition coefficient (Wildman–Crippen LogP) is 4.86. The van der Waals surface area contributed by atoms with Gasteiger partial charge in [-0.15, -0.1) is 0 Å². The molecular formula is C25H26N2O. The molecule has 2 aliphatic carbocycles. The largest absolute Gasteiger partial charge is 0.489 e. The Bertz CT molecular complexity index is 938. The molecule has 0 amide bonds. The molecular weight excluding hydrogens is 344 g/mol. The fraction of sp³-hybridized carbons (Fsp3) is 0.280. The van der Waals surface area contributed by atoms with Crippen LogP contribution >= 0.6 is 0 Å². The van der Waals surface area contributed by atoms with E-state index in [1.807, 2.05) is 18.2 Å². The smallest absolute Gasteiger partial charge is 0.119 e. The highest BCUT2D eigenvalue weighted by Gasteiger charge is 2.41. The van der Waals surface area contributed by atoms with Gasteiger partial charge in [0.25, 0.3) is 0 Å². The zero-order valence-electron chi connectivity index (χ0n) is 15.9. The van der Waals surface area contributed by atoms with Gasteiger partial charge in [-0.1, -0.05) is 66.7 Å². The zero-order valence-corrected chi connectivity index (χ0v) is 15.9. The van der Waals surface area contributed by atoms with Crippen LogP contribution in [0.4, 0.5) is 0 Å². The summed E-state index contributed by atoms with van der Waals surface area (Å²) in [5.41, 5.74) is 11.6. The van der Waals surface area contributed by atoms with E-state index in [2.05, 4.69) is 66.0 Å². The molecule has 28 heavy (non-hydrogen) atoms. The van der Waals surface area contributed by atoms with E-state index in [0.29, 0.717) is 24.6 Å². The Morgan fingerprint density at radius 1 is 0.821 bits per heavy atom. The standard InChI is InChI=1S/C25H26N2O/c26-23-15-25(21-9-5-4-8-20(21)23)27-24-14-22(24)18-10-12-19(13-11-18)28-16-17-6-2-1-3-7-17/h1-13,22-25,27H,14-16,26H2/t22-,23?,24+,25?/m0/s1. The maximum Gasteiger partial charge on any atom is 0.119 e. The third kappa shape index (κ3) is 3.56. The fourth-order valence-electron chi connectivity index (χ4n) is 4.39. The second kappa shape index (κ2) is 7.42. The van der Waals surface area contributed by atoms with Crippen molar-refractivity contribution in [2.45, 2.75) is 43.5 Å². The second-order valence-electron chi connectivity index (χ2n) is 7.98. The molecule has 3 N–H and O–H groups in total. The van der Waals surface area contributed by atoms with Crippen molar-refractivity contribution in [3.8, 4) is 5.75 Å². The van der Waals surface area contributed by atoms with Gasteiger partial charge in [0, 0.05) is 24.0 Å². The van der Waals surface area contributed by atoms with Gasteiger partial charge in [-0.25, -0.2) is 0 Å². The van der Waals surface area contributed by atoms with Gasteiger partial charge in [0.15, 0.2) is 0 Å². The van der Waals surface area contributed by atoms with Gasteiger partial charge in [0.05, 0.1) is 0 Å². The third-order valence-corrected chi connectivity index (χ3v) is 6.02. The summed E-state index contributed by atoms with van der Waals surface area (Å²) >= 11 is 0. The van der Waals surface area contributed by atoms with E-state index in [9.17, 15) is 0 Å². The van der Waals surface area contributed by atoms with Gasteiger partial charge >= 0.3 is 0 Å². The van der Waals surface area contributed by atoms with Crippen LogP contribution in [0.5, 0.6) is 5.75 Å². The molecule has 0 aliphatic heterocycles. The summed E-state index contributed by atoms with van der Waals surface area (Å²) in [5.74, 6) is 1.51. The number of nitrogens with two attached hydrogens (primary N) is 1. The van der Waals surface area contributed by atoms with Crippen molar-refractivity contribution >= 4 is 0 Å². The first-order chi connectivity index (χ1) is 13.8. The Kier molecular flexibility index (Phi) is 4.63. The number of hydrogen-bond donors (Lipinski definition) is 2. The molecule has 0 heterocycles. The minimum absolute atomic E-state index is 0.159. The summed E-state index contributed by atoms with van der Waals surface area (Å²) < 4.78 is 5.90. The minimum atomic E-state index is 0.159. The lowest BCUT2D eigenvalue weighted by Crippen LogP contribution is -2.23. The van der Waals surface area contributed by atoms with E-state index in [0.717, 1.165) is 12.2 Å². The van der Waals surface area contributed by atoms with Crippen molar-refractivity contribution in [3.05, 3.63) is 101 Å². The quantitative estimate of drug-likeness (QED) is 0.652. The maximum absolute atomic E-state index is 6.31. The number of rotatable bonds is 6. The Morgan fingerprint density at radius 2 is 1.54 bits per heavy atom. The molecule has 0 spiro atoms. The third-order valence-electron chi connectivity index (χ3n) is 6.02. The van der Waals surface area contributed by atoms with Crippen LogP contribution in [0, 0.1) is 0 Å². The maximum atomic E-state index is 6.31. The molecule has 0 aromatic heterocycles. The molecule has 4 atom stereocenters. The first-order valence-electron chi connectivity index (χ1n) is 10.1. The molecule has 2 unspecified atom stereocenters. The van der Waals surface area contributed by atoms with Crippen LogP contribution in [-0.2, 0) is 6.61 Å². The minimum Gasteiger partial charge on any atom is -0.489 e. The summed E-state index contributed by atoms with van der Waals surface area (Å²) in [6.07, 6.45) is 2.19. The molecule has 3 heteroatoms. The van der Waals surface area contributed by atoms with Crippen molar-refractivity contribution < 1.29 is 4.74 Å². The van der Waals surface area contributed by atoms with Crippen LogP contribution in [0.25, 0.3) is 0 Å². The van der Waals surface area contributed by atoms with Crippen molar-refractivity contribution in [3.63, 3.8) is 0 Å². The molecule has 2 aliphatic rings. The van der Waals surface area contributed by atoms with Crippen molar-refractivity contribution in [2.24, 2.45) is 5.73 Å². The average Bonchev–Trinajstić information content (AvgIpc) is 3.44. The van der Waals surface area contributed by atoms with E-state index in [-0.39, 0.29) is 6.04 Å². The summed E-state index contributed by atoms with van der Waals surface area (Å²) in [6, 6.07) is 28.5. The van der Waals surface area contributed by atoms with E-state index < -0.39 is 0 Å². The summed E-state index contributed by atoms with van der Waals surface area (Å²) in [5, 5.41) is 3.84. The van der Waals surface area contributed by atoms with E-state index in [4.69, 9.17) is 10.5 Å². The lowest BCUT2D eigenvalue weighted by Gasteiger charge is -2.14. The number of benzene rings is 3. The van der Waals surface area contributed by atoms with Crippen molar-refractivity contribution in [2.75, 3.05) is 0 Å². The summed E-state index contributed by atoms with van der Waals surface area (Å²) in [4.78, 5) is 0. The Morgan fingerprint density at radius 3 is 2.32 bits per heavy atom. The van der Waals surface area contributed by atoms with Crippen LogP contribution in [0.15, 0.2) is 78.9 Å². The van der Waals surface area contributed by atoms with Crippen molar-refractivity contribution in [1.29, 1.82) is 0 Å². The second-order valence-corrected chi connectivity index (χ2v) is 7.98. The van der Waals surface area contributed by atoms with Crippen LogP contribution in [0.1, 0.15) is 53.1 Å². The zero-order chi connectivity index (χ0) is 18.9. The van der Waals surface area contributed by atoms with Gasteiger partial charge in [0.1, 0.15) is 12.4 Å². The molecule has 1 fully saturated rings. The van der Waals surface area contributed by atoms with E-state index in [1.165, 1.54) is 28.7 Å². The number of fused-ring (bicyclic) bond motifs is 1. The molecule has 3 nitrogen and oxygen atoms in total. The first kappa shape index (κ1) is 17.5. The number of hydrogen-bond acceptors (Lipinski definition) is 3. The van der Waals surface area contributed by atoms with Gasteiger partial charge in [0.2, 0.25) is 0 Å². The Labute approximate surface area is 166 Å². The summed E-state index contributed by atoms with van der Waals surface area (Å²) in [6.45, 7) is 0.606. The van der Waals surface area contributed by atoms with E-state index >= 15 is 0 Å². The molecule has 142 valence electrons. The molecule has 3 aromatic rings. The lowest BCUT2D eigenvalue weighted by molar-refractivity contribution is 0.306. The normalized spacial score (nSPS) is 25.3. The lowest BCUT2D eigenvalue weighted by atomic mass is 10.1.